The fraction of sp³-hybridized carbons (Fsp3) is 0.622. The van der Waals surface area contributed by atoms with Crippen LogP contribution in [0.25, 0.3) is 0 Å². The van der Waals surface area contributed by atoms with Crippen molar-refractivity contribution in [3.05, 3.63) is 71.8 Å². The van der Waals surface area contributed by atoms with E-state index in [0.29, 0.717) is 23.3 Å². The highest BCUT2D eigenvalue weighted by Crippen LogP contribution is 2.25. The van der Waals surface area contributed by atoms with Gasteiger partial charge >= 0.3 is 23.9 Å². The number of likely N-dealkylation sites (tertiary alicyclic amines) is 2. The summed E-state index contributed by atoms with van der Waals surface area (Å²) in [7, 11) is 0. The third-order valence-corrected chi connectivity index (χ3v) is 22.3. The molecule has 1 unspecified atom stereocenters. The second-order valence-corrected chi connectivity index (χ2v) is 33.1. The van der Waals surface area contributed by atoms with Crippen LogP contribution in [0, 0.1) is 5.92 Å². The number of guanidine groups is 1. The number of rotatable bonds is 54. The Kier molecular flexibility index (Phi) is 46.4. The summed E-state index contributed by atoms with van der Waals surface area (Å²) >= 11 is 1.44. The van der Waals surface area contributed by atoms with Crippen molar-refractivity contribution in [3.63, 3.8) is 0 Å². The van der Waals surface area contributed by atoms with Crippen molar-refractivity contribution in [2.45, 2.75) is 202 Å². The molecule has 2 aromatic rings. The highest BCUT2D eigenvalue weighted by molar-refractivity contribution is 7.98. The number of nitrogens with two attached hydrogens (primary N) is 6. The number of primary amides is 3. The SMILES string of the molecule is CSCC[C@H](NC(=O)[C@H](CC(C)C)NC(=O)CNC(=O)[C@H](Cc1ccccc1)NC(=O)[C@H](Cc1ccccc1)NC(=O)[C@H](CCC(N)=O)NC(=O)[C@H](CCC(N)=O)NC(=O)[C@@H]1CCCN1C(=O)[C@H](CCCCN)NC(=O)[C@@H]1CCCN1C(=O)[C@H](CCCN=C(N)N)NC(=O)CCC(C(=O)O)N1CCN(CC(=O)O)CCN(CC(=O)O)CCN(CC(=O)O)CC1)C(N)=O. The van der Waals surface area contributed by atoms with Crippen LogP contribution in [0.4, 0.5) is 0 Å². The number of nitrogens with zero attached hydrogens (tertiary/aromatic N) is 7. The molecule has 127 heavy (non-hydrogen) atoms. The minimum absolute atomic E-state index is 0.00622. The van der Waals surface area contributed by atoms with E-state index >= 15 is 4.79 Å². The summed E-state index contributed by atoms with van der Waals surface area (Å²) in [5, 5.41) is 63.5. The number of hydrogen-bond acceptors (Lipinski definition) is 25. The minimum Gasteiger partial charge on any atom is -0.480 e. The monoisotopic (exact) mass is 1800 g/mol. The van der Waals surface area contributed by atoms with Gasteiger partial charge in [0.1, 0.15) is 66.5 Å². The number of aliphatic imine (C=N–C) groups is 1. The number of amides is 14. The smallest absolute Gasteiger partial charge is 0.320 e. The molecule has 5 rings (SSSR count). The van der Waals surface area contributed by atoms with Crippen LogP contribution < -0.4 is 82.3 Å². The minimum atomic E-state index is -1.72. The Balaban J connectivity index is 1.35. The zero-order valence-electron chi connectivity index (χ0n) is 72.3. The van der Waals surface area contributed by atoms with Gasteiger partial charge in [0.2, 0.25) is 82.7 Å². The predicted octanol–water partition coefficient (Wildman–Crippen LogP) is -5.84. The summed E-state index contributed by atoms with van der Waals surface area (Å²) in [6.45, 7) is 1.72. The Morgan fingerprint density at radius 2 is 0.866 bits per heavy atom. The van der Waals surface area contributed by atoms with Crippen molar-refractivity contribution in [3.8, 4) is 0 Å². The van der Waals surface area contributed by atoms with Crippen LogP contribution in [0.15, 0.2) is 65.7 Å². The number of carbonyl (C=O) groups is 18. The fourth-order valence-corrected chi connectivity index (χ4v) is 15.5. The molecule has 3 aliphatic heterocycles. The Bertz CT molecular complexity index is 4050. The molecule has 2 aromatic carbocycles. The zero-order valence-corrected chi connectivity index (χ0v) is 73.1. The van der Waals surface area contributed by atoms with Crippen LogP contribution >= 0.6 is 11.8 Å². The van der Waals surface area contributed by atoms with Gasteiger partial charge < -0.3 is 112 Å². The fourth-order valence-electron chi connectivity index (χ4n) is 15.0. The highest BCUT2D eigenvalue weighted by atomic mass is 32.2. The Labute approximate surface area is 741 Å². The van der Waals surface area contributed by atoms with E-state index in [4.69, 9.17) is 34.4 Å². The molecule has 704 valence electrons. The van der Waals surface area contributed by atoms with E-state index in [2.05, 4.69) is 52.8 Å². The van der Waals surface area contributed by atoms with Gasteiger partial charge in [-0.1, -0.05) is 74.5 Å². The van der Waals surface area contributed by atoms with E-state index < -0.39 is 231 Å². The van der Waals surface area contributed by atoms with Crippen molar-refractivity contribution >= 4 is 124 Å². The lowest BCUT2D eigenvalue weighted by molar-refractivity contribution is -0.145. The zero-order chi connectivity index (χ0) is 93.8. The van der Waals surface area contributed by atoms with Crippen molar-refractivity contribution in [2.24, 2.45) is 45.3 Å². The van der Waals surface area contributed by atoms with Crippen LogP contribution in [0.3, 0.4) is 0 Å². The largest absolute Gasteiger partial charge is 0.480 e. The summed E-state index contributed by atoms with van der Waals surface area (Å²) in [5.74, 6) is -16.8. The van der Waals surface area contributed by atoms with E-state index in [-0.39, 0.29) is 174 Å². The Morgan fingerprint density at radius 3 is 1.31 bits per heavy atom. The molecular formula is C82H128N22O22S. The van der Waals surface area contributed by atoms with E-state index in [1.54, 1.807) is 65.6 Å². The van der Waals surface area contributed by atoms with Crippen molar-refractivity contribution in [1.82, 2.24) is 77.3 Å². The molecule has 3 aliphatic rings. The van der Waals surface area contributed by atoms with E-state index in [9.17, 15) is 102 Å². The van der Waals surface area contributed by atoms with E-state index in [0.717, 1.165) is 0 Å². The molecule has 0 saturated carbocycles. The molecule has 0 spiro atoms. The third-order valence-electron chi connectivity index (χ3n) is 21.6. The van der Waals surface area contributed by atoms with Gasteiger partial charge in [0.05, 0.1) is 26.2 Å². The summed E-state index contributed by atoms with van der Waals surface area (Å²) < 4.78 is 0. The van der Waals surface area contributed by atoms with Gasteiger partial charge in [-0.05, 0) is 125 Å². The predicted molar refractivity (Wildman–Crippen MR) is 464 cm³/mol. The summed E-state index contributed by atoms with van der Waals surface area (Å²) in [4.78, 5) is 258. The lowest BCUT2D eigenvalue weighted by atomic mass is 10.0. The summed E-state index contributed by atoms with van der Waals surface area (Å²) in [6, 6.07) is 1.44. The second kappa shape index (κ2) is 55.7. The van der Waals surface area contributed by atoms with E-state index in [1.807, 2.05) is 20.1 Å². The van der Waals surface area contributed by atoms with Crippen LogP contribution in [0.5, 0.6) is 0 Å². The number of nitrogens with one attached hydrogen (secondary N) is 9. The van der Waals surface area contributed by atoms with E-state index in [1.165, 1.54) is 36.3 Å². The van der Waals surface area contributed by atoms with Gasteiger partial charge in [0.15, 0.2) is 5.96 Å². The normalized spacial score (nSPS) is 17.6. The van der Waals surface area contributed by atoms with Gasteiger partial charge in [0, 0.05) is 104 Å². The number of aliphatic carboxylic acids is 4. The van der Waals surface area contributed by atoms with Crippen LogP contribution in [0.2, 0.25) is 0 Å². The number of carboxylic acids is 4. The molecule has 11 atom stereocenters. The second-order valence-electron chi connectivity index (χ2n) is 32.1. The number of hydrogen-bond donors (Lipinski definition) is 19. The maximum Gasteiger partial charge on any atom is 0.320 e. The lowest BCUT2D eigenvalue weighted by Crippen LogP contribution is -2.60. The topological polar surface area (TPSA) is 684 Å². The Morgan fingerprint density at radius 1 is 0.449 bits per heavy atom. The molecule has 3 heterocycles. The number of carbonyl (C=O) groups excluding carboxylic acids is 14. The van der Waals surface area contributed by atoms with Gasteiger partial charge in [-0.3, -0.25) is 111 Å². The molecule has 0 aliphatic carbocycles. The average Bonchev–Trinajstić information content (AvgIpc) is 1.71. The van der Waals surface area contributed by atoms with Crippen molar-refractivity contribution < 1.29 is 107 Å². The number of thioether (sulfide) groups is 1. The maximum atomic E-state index is 15.1. The van der Waals surface area contributed by atoms with Crippen LogP contribution in [-0.2, 0) is 99.1 Å². The van der Waals surface area contributed by atoms with Crippen LogP contribution in [-0.4, -0.2) is 346 Å². The first-order valence-corrected chi connectivity index (χ1v) is 44.0. The standard InChI is InChI=1S/C82H128N22O22S/c1-50(2)43-58(75(119)93-53(71(86)115)29-42-127-3)92-67(108)46-90-72(116)59(44-51-15-6-4-7-16-51)97-76(120)60(45-52-17-8-5-9-18-52)98-74(118)54(23-26-64(84)105)94-73(117)55(24-27-65(85)106)95-77(121)61-21-13-33-104(61)80(124)57(19-10-11-30-83)96-78(122)62-22-14-32-103(62)79(123)56(20-12-31-89-82(87)88)91-66(107)28-25-63(81(125)126)102-40-38-100(48-69(111)112)36-34-99(47-68(109)110)35-37-101(39-41-102)49-70(113)114/h4-9,15-18,50,53-63H,10-14,19-49,83H2,1-3H3,(H2,84,105)(H2,85,106)(H2,86,115)(H,90,116)(H,91,107)(H,92,108)(H,93,119)(H,94,117)(H,95,121)(H,96,122)(H,97,120)(H,98,118)(H,109,110)(H,111,112)(H,113,114)(H,125,126)(H4,87,88,89)/t53-,54-,55-,56-,57-,58-,59-,60-,61-,62-,63?/m0/s1. The van der Waals surface area contributed by atoms with Gasteiger partial charge in [0.25, 0.3) is 0 Å². The quantitative estimate of drug-likeness (QED) is 0.0167. The molecule has 0 bridgehead atoms. The molecule has 3 saturated heterocycles. The maximum absolute atomic E-state index is 15.1. The number of benzene rings is 2. The van der Waals surface area contributed by atoms with Crippen molar-refractivity contribution in [2.75, 3.05) is 117 Å². The summed E-state index contributed by atoms with van der Waals surface area (Å²) in [5.41, 5.74) is 34.9. The molecular weight excluding hydrogens is 1680 g/mol. The average molecular weight is 1810 g/mol. The van der Waals surface area contributed by atoms with Gasteiger partial charge in [-0.2, -0.15) is 11.8 Å². The van der Waals surface area contributed by atoms with Crippen LogP contribution in [0.1, 0.15) is 134 Å². The number of unbranched alkanes of at least 4 members (excludes halogenated alkanes) is 1. The molecule has 45 heteroatoms. The first kappa shape index (κ1) is 106. The summed E-state index contributed by atoms with van der Waals surface area (Å²) in [6.07, 6.45) is 0.103. The van der Waals surface area contributed by atoms with Gasteiger partial charge in [-0.25, -0.2) is 0 Å². The van der Waals surface area contributed by atoms with Gasteiger partial charge in [-0.15, -0.1) is 0 Å². The highest BCUT2D eigenvalue weighted by Gasteiger charge is 2.44. The molecule has 3 fully saturated rings. The first-order chi connectivity index (χ1) is 60.4. The lowest BCUT2D eigenvalue weighted by Gasteiger charge is -2.35. The first-order valence-electron chi connectivity index (χ1n) is 42.6. The number of carboxylic acid groups (broad SMARTS) is 4. The molecule has 44 nitrogen and oxygen atoms in total. The molecule has 25 N–H and O–H groups in total. The van der Waals surface area contributed by atoms with Crippen molar-refractivity contribution in [1.29, 1.82) is 0 Å². The third kappa shape index (κ3) is 39.0. The molecule has 0 aromatic heterocycles. The molecule has 14 amide bonds. The molecule has 0 radical (unpaired) electrons. The Hall–Kier alpha value is -11.7.